The maximum Gasteiger partial charge on any atom is 0.266 e. The van der Waals surface area contributed by atoms with Crippen molar-refractivity contribution < 1.29 is 9.90 Å². The first-order valence-corrected chi connectivity index (χ1v) is 12.0. The highest BCUT2D eigenvalue weighted by atomic mass is 32.1. The van der Waals surface area contributed by atoms with E-state index in [1.165, 1.54) is 11.3 Å². The van der Waals surface area contributed by atoms with Crippen molar-refractivity contribution in [2.45, 2.75) is 50.7 Å². The van der Waals surface area contributed by atoms with Gasteiger partial charge in [0.25, 0.3) is 5.91 Å². The van der Waals surface area contributed by atoms with E-state index in [0.717, 1.165) is 52.4 Å². The number of amides is 1. The number of aliphatic hydroxyl groups is 1. The number of aryl methyl sites for hydroxylation is 1. The van der Waals surface area contributed by atoms with Gasteiger partial charge in [0.05, 0.1) is 11.3 Å². The molecule has 5 rings (SSSR count). The van der Waals surface area contributed by atoms with Crippen LogP contribution in [0.15, 0.2) is 60.7 Å². The number of likely N-dealkylation sites (tertiary alicyclic amines) is 1. The molecule has 0 radical (unpaired) electrons. The van der Waals surface area contributed by atoms with E-state index in [4.69, 9.17) is 4.98 Å². The molecule has 2 heterocycles. The third-order valence-corrected chi connectivity index (χ3v) is 8.22. The van der Waals surface area contributed by atoms with Crippen LogP contribution in [-0.4, -0.2) is 33.5 Å². The van der Waals surface area contributed by atoms with Gasteiger partial charge in [-0.25, -0.2) is 4.98 Å². The van der Waals surface area contributed by atoms with E-state index in [9.17, 15) is 9.90 Å². The number of carbonyl (C=O) groups excluding carboxylic acids is 1. The lowest BCUT2D eigenvalue weighted by atomic mass is 9.66. The van der Waals surface area contributed by atoms with Gasteiger partial charge in [0.15, 0.2) is 0 Å². The number of aromatic nitrogens is 1. The second-order valence-corrected chi connectivity index (χ2v) is 9.80. The van der Waals surface area contributed by atoms with Gasteiger partial charge in [0.1, 0.15) is 9.88 Å². The molecule has 31 heavy (non-hydrogen) atoms. The summed E-state index contributed by atoms with van der Waals surface area (Å²) in [6.07, 6.45) is 4.70. The Kier molecular flexibility index (Phi) is 5.40. The third kappa shape index (κ3) is 3.60. The molecule has 0 spiro atoms. The Labute approximate surface area is 187 Å². The highest BCUT2D eigenvalue weighted by Gasteiger charge is 2.50. The summed E-state index contributed by atoms with van der Waals surface area (Å²) < 4.78 is 0. The number of thiazole rings is 1. The van der Waals surface area contributed by atoms with Crippen molar-refractivity contribution in [1.29, 1.82) is 0 Å². The number of fused-ring (bicyclic) bond motifs is 1. The van der Waals surface area contributed by atoms with Crippen molar-refractivity contribution in [3.63, 3.8) is 0 Å². The minimum absolute atomic E-state index is 0.0712. The molecule has 3 aromatic rings. The Morgan fingerprint density at radius 3 is 2.48 bits per heavy atom. The summed E-state index contributed by atoms with van der Waals surface area (Å²) in [4.78, 5) is 21.1. The van der Waals surface area contributed by atoms with Gasteiger partial charge < -0.3 is 10.0 Å². The molecule has 1 aliphatic heterocycles. The van der Waals surface area contributed by atoms with E-state index in [0.29, 0.717) is 13.0 Å². The first kappa shape index (κ1) is 20.4. The van der Waals surface area contributed by atoms with Crippen molar-refractivity contribution in [1.82, 2.24) is 9.88 Å². The standard InChI is InChI=1S/C26H28N2O2S/c1-18-23(31-24(27-18)19-10-4-2-5-11-19)25(29)28-17-16-26(30,20-12-6-3-7-13-20)21-14-8-9-15-22(21)28/h2-7,10-13,21-22,30H,8-9,14-17H2,1H3. The average molecular weight is 433 g/mol. The lowest BCUT2D eigenvalue weighted by Crippen LogP contribution is -2.58. The zero-order chi connectivity index (χ0) is 21.4. The number of piperidine rings is 1. The minimum Gasteiger partial charge on any atom is -0.385 e. The second-order valence-electron chi connectivity index (χ2n) is 8.80. The zero-order valence-corrected chi connectivity index (χ0v) is 18.6. The zero-order valence-electron chi connectivity index (χ0n) is 17.8. The number of hydrogen-bond acceptors (Lipinski definition) is 4. The fourth-order valence-electron chi connectivity index (χ4n) is 5.45. The lowest BCUT2D eigenvalue weighted by molar-refractivity contribution is -0.110. The Hall–Kier alpha value is -2.50. The fourth-order valence-corrected chi connectivity index (χ4v) is 6.48. The number of nitrogens with zero attached hydrogens (tertiary/aromatic N) is 2. The average Bonchev–Trinajstić information content (AvgIpc) is 3.22. The number of carbonyl (C=O) groups is 1. The molecule has 1 N–H and O–H groups in total. The number of benzene rings is 2. The Balaban J connectivity index is 1.45. The fraction of sp³-hybridized carbons (Fsp3) is 0.385. The first-order chi connectivity index (χ1) is 15.1. The van der Waals surface area contributed by atoms with Gasteiger partial charge in [-0.2, -0.15) is 0 Å². The molecule has 1 saturated carbocycles. The molecule has 4 nitrogen and oxygen atoms in total. The Morgan fingerprint density at radius 2 is 1.74 bits per heavy atom. The molecule has 1 amide bonds. The maximum absolute atomic E-state index is 13.7. The molecule has 1 saturated heterocycles. The van der Waals surface area contributed by atoms with E-state index < -0.39 is 5.60 Å². The van der Waals surface area contributed by atoms with Crippen LogP contribution in [0, 0.1) is 12.8 Å². The summed E-state index contributed by atoms with van der Waals surface area (Å²) in [5.74, 6) is 0.146. The molecule has 2 aliphatic rings. The summed E-state index contributed by atoms with van der Waals surface area (Å²) >= 11 is 1.49. The molecule has 3 atom stereocenters. The summed E-state index contributed by atoms with van der Waals surface area (Å²) in [7, 11) is 0. The van der Waals surface area contributed by atoms with Crippen LogP contribution < -0.4 is 0 Å². The van der Waals surface area contributed by atoms with Crippen LogP contribution in [0.5, 0.6) is 0 Å². The molecule has 1 aliphatic carbocycles. The van der Waals surface area contributed by atoms with Gasteiger partial charge in [-0.15, -0.1) is 11.3 Å². The normalized spacial score (nSPS) is 25.8. The summed E-state index contributed by atoms with van der Waals surface area (Å²) in [6.45, 7) is 2.50. The summed E-state index contributed by atoms with van der Waals surface area (Å²) in [5.41, 5.74) is 1.97. The topological polar surface area (TPSA) is 53.4 Å². The number of hydrogen-bond donors (Lipinski definition) is 1. The molecule has 2 aromatic carbocycles. The van der Waals surface area contributed by atoms with Gasteiger partial charge in [-0.3, -0.25) is 4.79 Å². The Bertz CT molecular complexity index is 1070. The van der Waals surface area contributed by atoms with Gasteiger partial charge in [0, 0.05) is 24.1 Å². The van der Waals surface area contributed by atoms with E-state index in [2.05, 4.69) is 0 Å². The van der Waals surface area contributed by atoms with Gasteiger partial charge >= 0.3 is 0 Å². The van der Waals surface area contributed by atoms with Gasteiger partial charge in [-0.05, 0) is 31.7 Å². The number of rotatable bonds is 3. The lowest BCUT2D eigenvalue weighted by Gasteiger charge is -2.52. The van der Waals surface area contributed by atoms with Crippen molar-refractivity contribution in [3.05, 3.63) is 76.8 Å². The predicted octanol–water partition coefficient (Wildman–Crippen LogP) is 5.41. The molecule has 5 heteroatoms. The quantitative estimate of drug-likeness (QED) is 0.602. The van der Waals surface area contributed by atoms with Crippen LogP contribution in [0.2, 0.25) is 0 Å². The highest BCUT2D eigenvalue weighted by molar-refractivity contribution is 7.17. The van der Waals surface area contributed by atoms with E-state index in [-0.39, 0.29) is 17.9 Å². The molecule has 160 valence electrons. The van der Waals surface area contributed by atoms with E-state index >= 15 is 0 Å². The van der Waals surface area contributed by atoms with Crippen LogP contribution in [0.3, 0.4) is 0 Å². The van der Waals surface area contributed by atoms with E-state index in [1.807, 2.05) is 72.5 Å². The Morgan fingerprint density at radius 1 is 1.06 bits per heavy atom. The highest BCUT2D eigenvalue weighted by Crippen LogP contribution is 2.47. The monoisotopic (exact) mass is 432 g/mol. The molecule has 1 aromatic heterocycles. The minimum atomic E-state index is -0.860. The molecule has 2 fully saturated rings. The van der Waals surface area contributed by atoms with Crippen molar-refractivity contribution in [2.24, 2.45) is 5.92 Å². The summed E-state index contributed by atoms with van der Waals surface area (Å²) in [6, 6.07) is 20.1. The van der Waals surface area contributed by atoms with Crippen LogP contribution in [0.25, 0.3) is 10.6 Å². The molecular weight excluding hydrogens is 404 g/mol. The predicted molar refractivity (Wildman–Crippen MR) is 124 cm³/mol. The van der Waals surface area contributed by atoms with Crippen LogP contribution in [-0.2, 0) is 5.60 Å². The van der Waals surface area contributed by atoms with Crippen LogP contribution >= 0.6 is 11.3 Å². The van der Waals surface area contributed by atoms with Gasteiger partial charge in [0.2, 0.25) is 0 Å². The van der Waals surface area contributed by atoms with Crippen LogP contribution in [0.4, 0.5) is 0 Å². The summed E-state index contributed by atoms with van der Waals surface area (Å²) in [5, 5.41) is 12.7. The van der Waals surface area contributed by atoms with Crippen molar-refractivity contribution in [3.8, 4) is 10.6 Å². The first-order valence-electron chi connectivity index (χ1n) is 11.2. The van der Waals surface area contributed by atoms with E-state index in [1.54, 1.807) is 0 Å². The molecule has 3 unspecified atom stereocenters. The van der Waals surface area contributed by atoms with Crippen molar-refractivity contribution >= 4 is 17.2 Å². The smallest absolute Gasteiger partial charge is 0.266 e. The van der Waals surface area contributed by atoms with Gasteiger partial charge in [-0.1, -0.05) is 73.5 Å². The molecular formula is C26H28N2O2S. The molecule has 0 bridgehead atoms. The second kappa shape index (κ2) is 8.21. The van der Waals surface area contributed by atoms with Crippen LogP contribution in [0.1, 0.15) is 53.0 Å². The van der Waals surface area contributed by atoms with Crippen molar-refractivity contribution in [2.75, 3.05) is 6.54 Å². The largest absolute Gasteiger partial charge is 0.385 e. The maximum atomic E-state index is 13.7. The third-order valence-electron chi connectivity index (χ3n) is 7.02. The SMILES string of the molecule is Cc1nc(-c2ccccc2)sc1C(=O)N1CCC(O)(c2ccccc2)C2CCCCC21.